The summed E-state index contributed by atoms with van der Waals surface area (Å²) in [5, 5.41) is 0. The second-order valence-electron chi connectivity index (χ2n) is 4.42. The molecule has 1 aliphatic rings. The van der Waals surface area contributed by atoms with Gasteiger partial charge in [0.25, 0.3) is 0 Å². The molecule has 1 heterocycles. The third-order valence-corrected chi connectivity index (χ3v) is 3.21. The van der Waals surface area contributed by atoms with Crippen molar-refractivity contribution in [2.24, 2.45) is 11.7 Å². The lowest BCUT2D eigenvalue weighted by molar-refractivity contribution is 0.0775. The van der Waals surface area contributed by atoms with E-state index in [0.29, 0.717) is 23.7 Å². The van der Waals surface area contributed by atoms with Crippen LogP contribution in [0.2, 0.25) is 0 Å². The van der Waals surface area contributed by atoms with Crippen LogP contribution in [0.25, 0.3) is 0 Å². The zero-order valence-corrected chi connectivity index (χ0v) is 10.8. The Labute approximate surface area is 111 Å². The molecule has 1 fully saturated rings. The van der Waals surface area contributed by atoms with Gasteiger partial charge in [0.1, 0.15) is 10.8 Å². The lowest BCUT2D eigenvalue weighted by Gasteiger charge is -2.10. The molecule has 0 spiro atoms. The van der Waals surface area contributed by atoms with Gasteiger partial charge in [0, 0.05) is 23.7 Å². The van der Waals surface area contributed by atoms with Gasteiger partial charge in [-0.05, 0) is 12.5 Å². The lowest BCUT2D eigenvalue weighted by atomic mass is 10.1. The first-order chi connectivity index (χ1) is 8.66. The Morgan fingerprint density at radius 3 is 3.00 bits per heavy atom. The molecule has 0 aromatic heterocycles. The standard InChI is InChI=1S/C13H16FNO2S/c14-12-5-10(13(15)18)1-2-11(12)8-17-7-9-3-4-16-6-9/h1-2,5,9H,3-4,6-8H2,(H2,15,18). The molecule has 3 nitrogen and oxygen atoms in total. The Balaban J connectivity index is 1.87. The van der Waals surface area contributed by atoms with Crippen LogP contribution < -0.4 is 5.73 Å². The molecule has 2 N–H and O–H groups in total. The maximum absolute atomic E-state index is 13.7. The zero-order chi connectivity index (χ0) is 13.0. The summed E-state index contributed by atoms with van der Waals surface area (Å²) in [5.41, 5.74) is 6.49. The second-order valence-corrected chi connectivity index (χ2v) is 4.86. The van der Waals surface area contributed by atoms with Crippen molar-refractivity contribution in [1.29, 1.82) is 0 Å². The SMILES string of the molecule is NC(=S)c1ccc(COCC2CCOC2)c(F)c1. The van der Waals surface area contributed by atoms with Gasteiger partial charge in [-0.25, -0.2) is 4.39 Å². The summed E-state index contributed by atoms with van der Waals surface area (Å²) in [6.07, 6.45) is 1.02. The number of hydrogen-bond acceptors (Lipinski definition) is 3. The Hall–Kier alpha value is -1.04. The van der Waals surface area contributed by atoms with E-state index in [4.69, 9.17) is 27.4 Å². The number of benzene rings is 1. The minimum Gasteiger partial charge on any atom is -0.389 e. The third kappa shape index (κ3) is 3.48. The molecule has 0 amide bonds. The van der Waals surface area contributed by atoms with Gasteiger partial charge < -0.3 is 15.2 Å². The molecular weight excluding hydrogens is 253 g/mol. The highest BCUT2D eigenvalue weighted by molar-refractivity contribution is 7.80. The first-order valence-electron chi connectivity index (χ1n) is 5.90. The molecular formula is C13H16FNO2S. The van der Waals surface area contributed by atoms with Gasteiger partial charge in [-0.2, -0.15) is 0 Å². The van der Waals surface area contributed by atoms with Gasteiger partial charge in [0.2, 0.25) is 0 Å². The van der Waals surface area contributed by atoms with Gasteiger partial charge in [-0.15, -0.1) is 0 Å². The van der Waals surface area contributed by atoms with Crippen LogP contribution in [0.3, 0.4) is 0 Å². The second kappa shape index (κ2) is 6.22. The molecule has 0 saturated carbocycles. The fourth-order valence-electron chi connectivity index (χ4n) is 1.87. The summed E-state index contributed by atoms with van der Waals surface area (Å²) in [7, 11) is 0. The van der Waals surface area contributed by atoms with Gasteiger partial charge >= 0.3 is 0 Å². The highest BCUT2D eigenvalue weighted by Crippen LogP contribution is 2.15. The quantitative estimate of drug-likeness (QED) is 0.831. The van der Waals surface area contributed by atoms with E-state index in [1.807, 2.05) is 0 Å². The average molecular weight is 269 g/mol. The van der Waals surface area contributed by atoms with Gasteiger partial charge in [0.05, 0.1) is 19.8 Å². The summed E-state index contributed by atoms with van der Waals surface area (Å²) in [4.78, 5) is 0.199. The largest absolute Gasteiger partial charge is 0.389 e. The first-order valence-corrected chi connectivity index (χ1v) is 6.31. The van der Waals surface area contributed by atoms with Crippen LogP contribution in [-0.4, -0.2) is 24.8 Å². The minimum absolute atomic E-state index is 0.199. The maximum atomic E-state index is 13.7. The first kappa shape index (κ1) is 13.4. The average Bonchev–Trinajstić information content (AvgIpc) is 2.84. The van der Waals surface area contributed by atoms with E-state index in [0.717, 1.165) is 19.6 Å². The lowest BCUT2D eigenvalue weighted by Crippen LogP contribution is -2.11. The molecule has 1 aromatic carbocycles. The smallest absolute Gasteiger partial charge is 0.129 e. The van der Waals surface area contributed by atoms with Crippen LogP contribution in [0, 0.1) is 11.7 Å². The van der Waals surface area contributed by atoms with Crippen molar-refractivity contribution >= 4 is 17.2 Å². The van der Waals surface area contributed by atoms with Crippen molar-refractivity contribution < 1.29 is 13.9 Å². The Morgan fingerprint density at radius 1 is 1.56 bits per heavy atom. The molecule has 18 heavy (non-hydrogen) atoms. The van der Waals surface area contributed by atoms with Crippen LogP contribution in [-0.2, 0) is 16.1 Å². The monoisotopic (exact) mass is 269 g/mol. The normalized spacial score (nSPS) is 19.1. The molecule has 5 heteroatoms. The topological polar surface area (TPSA) is 44.5 Å². The predicted octanol–water partition coefficient (Wildman–Crippen LogP) is 2.01. The van der Waals surface area contributed by atoms with E-state index in [-0.39, 0.29) is 17.4 Å². The molecule has 1 unspecified atom stereocenters. The van der Waals surface area contributed by atoms with Crippen LogP contribution in [0.4, 0.5) is 4.39 Å². The summed E-state index contributed by atoms with van der Waals surface area (Å²) < 4.78 is 24.4. The van der Waals surface area contributed by atoms with E-state index < -0.39 is 0 Å². The molecule has 1 atom stereocenters. The maximum Gasteiger partial charge on any atom is 0.129 e. The number of ether oxygens (including phenoxy) is 2. The Bertz CT molecular complexity index is 433. The molecule has 1 aromatic rings. The van der Waals surface area contributed by atoms with Gasteiger partial charge in [-0.3, -0.25) is 0 Å². The van der Waals surface area contributed by atoms with E-state index in [9.17, 15) is 4.39 Å². The molecule has 1 saturated heterocycles. The van der Waals surface area contributed by atoms with Crippen LogP contribution in [0.1, 0.15) is 17.5 Å². The summed E-state index contributed by atoms with van der Waals surface area (Å²) in [6.45, 7) is 2.41. The van der Waals surface area contributed by atoms with Gasteiger partial charge in [0.15, 0.2) is 0 Å². The van der Waals surface area contributed by atoms with Crippen molar-refractivity contribution in [2.75, 3.05) is 19.8 Å². The fraction of sp³-hybridized carbons (Fsp3) is 0.462. The number of hydrogen-bond donors (Lipinski definition) is 1. The molecule has 1 aliphatic heterocycles. The molecule has 0 aliphatic carbocycles. The van der Waals surface area contributed by atoms with Crippen LogP contribution >= 0.6 is 12.2 Å². The predicted molar refractivity (Wildman–Crippen MR) is 70.9 cm³/mol. The van der Waals surface area contributed by atoms with Crippen molar-refractivity contribution in [2.45, 2.75) is 13.0 Å². The highest BCUT2D eigenvalue weighted by Gasteiger charge is 2.15. The molecule has 0 bridgehead atoms. The number of rotatable bonds is 5. The molecule has 2 rings (SSSR count). The molecule has 0 radical (unpaired) electrons. The molecule has 98 valence electrons. The number of thiocarbonyl (C=S) groups is 1. The van der Waals surface area contributed by atoms with Crippen molar-refractivity contribution in [3.8, 4) is 0 Å². The highest BCUT2D eigenvalue weighted by atomic mass is 32.1. The van der Waals surface area contributed by atoms with E-state index in [1.54, 1.807) is 12.1 Å². The fourth-order valence-corrected chi connectivity index (χ4v) is 1.99. The van der Waals surface area contributed by atoms with Crippen LogP contribution in [0.15, 0.2) is 18.2 Å². The van der Waals surface area contributed by atoms with Crippen LogP contribution in [0.5, 0.6) is 0 Å². The van der Waals surface area contributed by atoms with Gasteiger partial charge in [-0.1, -0.05) is 24.4 Å². The minimum atomic E-state index is -0.331. The van der Waals surface area contributed by atoms with Crippen molar-refractivity contribution in [3.05, 3.63) is 35.1 Å². The Morgan fingerprint density at radius 2 is 2.39 bits per heavy atom. The summed E-state index contributed by atoms with van der Waals surface area (Å²) >= 11 is 4.79. The Kier molecular flexibility index (Phi) is 4.63. The number of halogens is 1. The third-order valence-electron chi connectivity index (χ3n) is 2.97. The van der Waals surface area contributed by atoms with E-state index in [2.05, 4.69) is 0 Å². The van der Waals surface area contributed by atoms with E-state index in [1.165, 1.54) is 6.07 Å². The van der Waals surface area contributed by atoms with E-state index >= 15 is 0 Å². The summed E-state index contributed by atoms with van der Waals surface area (Å²) in [5.74, 6) is 0.104. The van der Waals surface area contributed by atoms with Crippen molar-refractivity contribution in [1.82, 2.24) is 0 Å². The zero-order valence-electron chi connectivity index (χ0n) is 10.0. The summed E-state index contributed by atoms with van der Waals surface area (Å²) in [6, 6.07) is 4.72. The van der Waals surface area contributed by atoms with Crippen molar-refractivity contribution in [3.63, 3.8) is 0 Å². The number of nitrogens with two attached hydrogens (primary N) is 1.